The summed E-state index contributed by atoms with van der Waals surface area (Å²) in [6, 6.07) is 6.10. The van der Waals surface area contributed by atoms with Crippen molar-refractivity contribution in [1.82, 2.24) is 5.32 Å². The molecule has 0 heterocycles. The van der Waals surface area contributed by atoms with Gasteiger partial charge in [0, 0.05) is 6.54 Å². The smallest absolute Gasteiger partial charge is 0.123 e. The molecule has 0 spiro atoms. The highest BCUT2D eigenvalue weighted by Crippen LogP contribution is 2.47. The number of halogens is 1. The zero-order chi connectivity index (χ0) is 13.2. The van der Waals surface area contributed by atoms with Crippen LogP contribution in [0.4, 0.5) is 4.39 Å². The highest BCUT2D eigenvalue weighted by Gasteiger charge is 2.38. The van der Waals surface area contributed by atoms with Gasteiger partial charge in [0.1, 0.15) is 5.82 Å². The van der Waals surface area contributed by atoms with Crippen molar-refractivity contribution in [3.05, 3.63) is 35.6 Å². The second kappa shape index (κ2) is 5.59. The summed E-state index contributed by atoms with van der Waals surface area (Å²) in [6.45, 7) is 1.57. The maximum Gasteiger partial charge on any atom is 0.123 e. The molecule has 4 unspecified atom stereocenters. The summed E-state index contributed by atoms with van der Waals surface area (Å²) in [5.41, 5.74) is 0.779. The molecule has 0 aromatic heterocycles. The second-order valence-corrected chi connectivity index (χ2v) is 6.16. The van der Waals surface area contributed by atoms with Gasteiger partial charge >= 0.3 is 0 Å². The Kier molecular flexibility index (Phi) is 3.85. The molecule has 2 fully saturated rings. The first-order valence-corrected chi connectivity index (χ1v) is 7.36. The molecule has 2 saturated carbocycles. The largest absolute Gasteiger partial charge is 0.387 e. The van der Waals surface area contributed by atoms with E-state index in [2.05, 4.69) is 5.32 Å². The van der Waals surface area contributed by atoms with Gasteiger partial charge in [0.15, 0.2) is 0 Å². The molecule has 0 radical (unpaired) electrons. The summed E-state index contributed by atoms with van der Waals surface area (Å²) < 4.78 is 12.8. The number of nitrogens with one attached hydrogen (secondary N) is 1. The van der Waals surface area contributed by atoms with Gasteiger partial charge in [-0.15, -0.1) is 0 Å². The van der Waals surface area contributed by atoms with Crippen LogP contribution in [0.1, 0.15) is 37.4 Å². The maximum absolute atomic E-state index is 12.8. The van der Waals surface area contributed by atoms with Gasteiger partial charge in [0.05, 0.1) is 6.10 Å². The Balaban J connectivity index is 1.43. The first-order chi connectivity index (χ1) is 9.22. The Morgan fingerprint density at radius 2 is 2.00 bits per heavy atom. The molecule has 2 aliphatic rings. The van der Waals surface area contributed by atoms with Crippen molar-refractivity contribution in [3.8, 4) is 0 Å². The first kappa shape index (κ1) is 13.1. The lowest BCUT2D eigenvalue weighted by Crippen LogP contribution is -2.29. The lowest BCUT2D eigenvalue weighted by molar-refractivity contribution is 0.169. The normalized spacial score (nSPS) is 30.7. The molecule has 1 aromatic rings. The van der Waals surface area contributed by atoms with Crippen molar-refractivity contribution in [1.29, 1.82) is 0 Å². The Bertz CT molecular complexity index is 419. The van der Waals surface area contributed by atoms with Crippen molar-refractivity contribution in [2.45, 2.75) is 31.8 Å². The lowest BCUT2D eigenvalue weighted by atomic mass is 9.89. The zero-order valence-electron chi connectivity index (χ0n) is 11.2. The number of rotatable bonds is 5. The summed E-state index contributed by atoms with van der Waals surface area (Å²) >= 11 is 0. The number of aliphatic hydroxyl groups is 1. The van der Waals surface area contributed by atoms with Crippen LogP contribution in [0.2, 0.25) is 0 Å². The van der Waals surface area contributed by atoms with Gasteiger partial charge in [-0.25, -0.2) is 4.39 Å². The molecule has 2 N–H and O–H groups in total. The van der Waals surface area contributed by atoms with Gasteiger partial charge in [-0.1, -0.05) is 18.6 Å². The van der Waals surface area contributed by atoms with Crippen LogP contribution in [0.3, 0.4) is 0 Å². The summed E-state index contributed by atoms with van der Waals surface area (Å²) in [6.07, 6.45) is 5.08. The average Bonchev–Trinajstić information content (AvgIpc) is 3.02. The summed E-state index contributed by atoms with van der Waals surface area (Å²) in [4.78, 5) is 0. The van der Waals surface area contributed by atoms with E-state index >= 15 is 0 Å². The molecule has 4 atom stereocenters. The first-order valence-electron chi connectivity index (χ1n) is 7.36. The Morgan fingerprint density at radius 1 is 1.21 bits per heavy atom. The van der Waals surface area contributed by atoms with E-state index in [0.29, 0.717) is 6.54 Å². The number of fused-ring (bicyclic) bond motifs is 2. The summed E-state index contributed by atoms with van der Waals surface area (Å²) in [5, 5.41) is 13.4. The molecule has 3 rings (SSSR count). The fraction of sp³-hybridized carbons (Fsp3) is 0.625. The topological polar surface area (TPSA) is 32.3 Å². The number of aliphatic hydroxyl groups excluding tert-OH is 1. The van der Waals surface area contributed by atoms with Gasteiger partial charge in [-0.3, -0.25) is 0 Å². The predicted octanol–water partition coefficient (Wildman–Crippen LogP) is 2.88. The third-order valence-electron chi connectivity index (χ3n) is 4.88. The fourth-order valence-corrected chi connectivity index (χ4v) is 3.83. The molecule has 2 aliphatic carbocycles. The van der Waals surface area contributed by atoms with E-state index in [-0.39, 0.29) is 5.82 Å². The van der Waals surface area contributed by atoms with Crippen LogP contribution in [0.15, 0.2) is 24.3 Å². The fourth-order valence-electron chi connectivity index (χ4n) is 3.83. The van der Waals surface area contributed by atoms with Crippen molar-refractivity contribution < 1.29 is 9.50 Å². The Labute approximate surface area is 114 Å². The van der Waals surface area contributed by atoms with Crippen molar-refractivity contribution in [2.75, 3.05) is 13.1 Å². The van der Waals surface area contributed by atoms with Crippen LogP contribution in [0.5, 0.6) is 0 Å². The lowest BCUT2D eigenvalue weighted by Gasteiger charge is -2.22. The molecular weight excluding hydrogens is 241 g/mol. The van der Waals surface area contributed by atoms with Gasteiger partial charge in [-0.05, 0) is 61.3 Å². The van der Waals surface area contributed by atoms with Crippen LogP contribution < -0.4 is 5.32 Å². The predicted molar refractivity (Wildman–Crippen MR) is 73.2 cm³/mol. The van der Waals surface area contributed by atoms with Crippen LogP contribution in [0, 0.1) is 23.6 Å². The minimum absolute atomic E-state index is 0.258. The van der Waals surface area contributed by atoms with Gasteiger partial charge in [-0.2, -0.15) is 0 Å². The van der Waals surface area contributed by atoms with E-state index in [1.54, 1.807) is 12.1 Å². The zero-order valence-corrected chi connectivity index (χ0v) is 11.2. The van der Waals surface area contributed by atoms with Crippen LogP contribution in [0.25, 0.3) is 0 Å². The Hall–Kier alpha value is -0.930. The van der Waals surface area contributed by atoms with Crippen molar-refractivity contribution in [2.24, 2.45) is 17.8 Å². The van der Waals surface area contributed by atoms with E-state index in [1.807, 2.05) is 0 Å². The van der Waals surface area contributed by atoms with Gasteiger partial charge < -0.3 is 10.4 Å². The molecule has 1 aromatic carbocycles. The van der Waals surface area contributed by atoms with E-state index < -0.39 is 6.10 Å². The SMILES string of the molecule is OC(CNCC1CC2CCC1C2)c1ccc(F)cc1. The molecule has 19 heavy (non-hydrogen) atoms. The number of hydrogen-bond acceptors (Lipinski definition) is 2. The molecule has 3 heteroatoms. The second-order valence-electron chi connectivity index (χ2n) is 6.16. The quantitative estimate of drug-likeness (QED) is 0.856. The third kappa shape index (κ3) is 2.98. The van der Waals surface area contributed by atoms with Crippen molar-refractivity contribution in [3.63, 3.8) is 0 Å². The molecule has 2 bridgehead atoms. The molecule has 2 nitrogen and oxygen atoms in total. The summed E-state index contributed by atoms with van der Waals surface area (Å²) in [7, 11) is 0. The van der Waals surface area contributed by atoms with Gasteiger partial charge in [0.25, 0.3) is 0 Å². The van der Waals surface area contributed by atoms with Crippen molar-refractivity contribution >= 4 is 0 Å². The van der Waals surface area contributed by atoms with E-state index in [1.165, 1.54) is 37.8 Å². The minimum Gasteiger partial charge on any atom is -0.387 e. The van der Waals surface area contributed by atoms with Crippen LogP contribution >= 0.6 is 0 Å². The minimum atomic E-state index is -0.542. The number of hydrogen-bond donors (Lipinski definition) is 2. The monoisotopic (exact) mass is 263 g/mol. The van der Waals surface area contributed by atoms with Crippen LogP contribution in [-0.2, 0) is 0 Å². The highest BCUT2D eigenvalue weighted by molar-refractivity contribution is 5.18. The van der Waals surface area contributed by atoms with E-state index in [0.717, 1.165) is 29.9 Å². The standard InChI is InChI=1S/C16H22FNO/c17-15-5-3-12(4-6-15)16(19)10-18-9-14-8-11-1-2-13(14)7-11/h3-6,11,13-14,16,18-19H,1-2,7-10H2. The number of benzene rings is 1. The molecule has 0 saturated heterocycles. The maximum atomic E-state index is 12.8. The molecule has 0 amide bonds. The van der Waals surface area contributed by atoms with Crippen LogP contribution in [-0.4, -0.2) is 18.2 Å². The highest BCUT2D eigenvalue weighted by atomic mass is 19.1. The molecular formula is C16H22FNO. The average molecular weight is 263 g/mol. The summed E-state index contributed by atoms with van der Waals surface area (Å²) in [5.74, 6) is 2.43. The van der Waals surface area contributed by atoms with E-state index in [9.17, 15) is 9.50 Å². The third-order valence-corrected chi connectivity index (χ3v) is 4.88. The Morgan fingerprint density at radius 3 is 2.63 bits per heavy atom. The molecule has 104 valence electrons. The van der Waals surface area contributed by atoms with E-state index in [4.69, 9.17) is 0 Å². The molecule has 0 aliphatic heterocycles. The van der Waals surface area contributed by atoms with Gasteiger partial charge in [0.2, 0.25) is 0 Å².